The summed E-state index contributed by atoms with van der Waals surface area (Å²) in [6.07, 6.45) is 1.78. The molecular formula is C13H14ClNO2. The van der Waals surface area contributed by atoms with Crippen LogP contribution in [0, 0.1) is 0 Å². The number of pyridine rings is 1. The predicted octanol–water partition coefficient (Wildman–Crippen LogP) is 2.44. The molecule has 0 aliphatic heterocycles. The van der Waals surface area contributed by atoms with Crippen molar-refractivity contribution in [1.29, 1.82) is 0 Å². The first-order valence-corrected chi connectivity index (χ1v) is 5.78. The van der Waals surface area contributed by atoms with Gasteiger partial charge < -0.3 is 9.84 Å². The van der Waals surface area contributed by atoms with Gasteiger partial charge in [0.25, 0.3) is 0 Å². The molecule has 90 valence electrons. The third-order valence-corrected chi connectivity index (χ3v) is 2.84. The summed E-state index contributed by atoms with van der Waals surface area (Å²) in [4.78, 5) is 4.26. The summed E-state index contributed by atoms with van der Waals surface area (Å²) in [5, 5.41) is 11.4. The van der Waals surface area contributed by atoms with E-state index in [1.54, 1.807) is 13.3 Å². The van der Waals surface area contributed by atoms with E-state index in [4.69, 9.17) is 16.3 Å². The number of aliphatic hydroxyl groups excluding tert-OH is 1. The van der Waals surface area contributed by atoms with Crippen LogP contribution >= 0.6 is 11.6 Å². The highest BCUT2D eigenvalue weighted by atomic mass is 35.5. The maximum atomic E-state index is 9.75. The molecule has 0 aliphatic carbocycles. The van der Waals surface area contributed by atoms with E-state index in [0.29, 0.717) is 18.1 Å². The van der Waals surface area contributed by atoms with Crippen LogP contribution in [0.25, 0.3) is 10.9 Å². The highest BCUT2D eigenvalue weighted by Crippen LogP contribution is 2.21. The average molecular weight is 252 g/mol. The van der Waals surface area contributed by atoms with E-state index in [9.17, 15) is 5.11 Å². The average Bonchev–Trinajstić information content (AvgIpc) is 2.29. The summed E-state index contributed by atoms with van der Waals surface area (Å²) in [7, 11) is 1.58. The Bertz CT molecular complexity index is 516. The lowest BCUT2D eigenvalue weighted by Crippen LogP contribution is -2.17. The molecule has 17 heavy (non-hydrogen) atoms. The summed E-state index contributed by atoms with van der Waals surface area (Å²) in [5.74, 6) is 0. The summed E-state index contributed by atoms with van der Waals surface area (Å²) < 4.78 is 4.92. The monoisotopic (exact) mass is 251 g/mol. The number of rotatable bonds is 4. The largest absolute Gasteiger partial charge is 0.390 e. The van der Waals surface area contributed by atoms with Crippen molar-refractivity contribution < 1.29 is 9.84 Å². The van der Waals surface area contributed by atoms with E-state index in [-0.39, 0.29) is 0 Å². The lowest BCUT2D eigenvalue weighted by atomic mass is 10.0. The zero-order valence-corrected chi connectivity index (χ0v) is 10.3. The number of fused-ring (bicyclic) bond motifs is 1. The van der Waals surface area contributed by atoms with E-state index < -0.39 is 6.10 Å². The van der Waals surface area contributed by atoms with E-state index >= 15 is 0 Å². The normalized spacial score (nSPS) is 12.9. The molecule has 0 fully saturated rings. The molecule has 1 aromatic heterocycles. The number of hydrogen-bond donors (Lipinski definition) is 1. The van der Waals surface area contributed by atoms with E-state index in [1.807, 2.05) is 24.3 Å². The number of aromatic nitrogens is 1. The summed E-state index contributed by atoms with van der Waals surface area (Å²) in [6, 6.07) is 7.50. The molecule has 1 heterocycles. The molecule has 0 radical (unpaired) electrons. The summed E-state index contributed by atoms with van der Waals surface area (Å²) in [5.41, 5.74) is 1.90. The van der Waals surface area contributed by atoms with Crippen molar-refractivity contribution in [3.05, 3.63) is 41.0 Å². The first kappa shape index (κ1) is 12.3. The highest BCUT2D eigenvalue weighted by molar-refractivity contribution is 6.31. The summed E-state index contributed by atoms with van der Waals surface area (Å²) in [6.45, 7) is 0.331. The Balaban J connectivity index is 2.34. The van der Waals surface area contributed by atoms with Crippen LogP contribution in [-0.2, 0) is 11.2 Å². The lowest BCUT2D eigenvalue weighted by Gasteiger charge is -2.11. The first-order chi connectivity index (χ1) is 8.20. The van der Waals surface area contributed by atoms with Crippen LogP contribution in [0.5, 0.6) is 0 Å². The van der Waals surface area contributed by atoms with Crippen molar-refractivity contribution in [2.75, 3.05) is 13.7 Å². The molecule has 2 aromatic rings. The number of nitrogens with zero attached hydrogens (tertiary/aromatic N) is 1. The maximum absolute atomic E-state index is 9.75. The Morgan fingerprint density at radius 2 is 2.24 bits per heavy atom. The molecule has 0 aliphatic rings. The molecule has 0 spiro atoms. The SMILES string of the molecule is COCC(O)Cc1ccnc2cc(Cl)ccc12. The molecule has 0 amide bonds. The zero-order chi connectivity index (χ0) is 12.3. The minimum absolute atomic E-state index is 0.331. The van der Waals surface area contributed by atoms with Crippen molar-refractivity contribution in [1.82, 2.24) is 4.98 Å². The third-order valence-electron chi connectivity index (χ3n) is 2.61. The van der Waals surface area contributed by atoms with Crippen LogP contribution in [0.3, 0.4) is 0 Å². The standard InChI is InChI=1S/C13H14ClNO2/c1-17-8-11(16)6-9-4-5-15-13-7-10(14)2-3-12(9)13/h2-5,7,11,16H,6,8H2,1H3. The number of halogens is 1. The van der Waals surface area contributed by atoms with Crippen LogP contribution < -0.4 is 0 Å². The second kappa shape index (κ2) is 5.45. The van der Waals surface area contributed by atoms with Gasteiger partial charge in [-0.15, -0.1) is 0 Å². The highest BCUT2D eigenvalue weighted by Gasteiger charge is 2.08. The number of methoxy groups -OCH3 is 1. The number of aliphatic hydroxyl groups is 1. The Morgan fingerprint density at radius 3 is 3.00 bits per heavy atom. The fourth-order valence-corrected chi connectivity index (χ4v) is 2.03. The van der Waals surface area contributed by atoms with E-state index in [1.165, 1.54) is 0 Å². The van der Waals surface area contributed by atoms with Crippen molar-refractivity contribution in [3.63, 3.8) is 0 Å². The molecule has 1 atom stereocenters. The van der Waals surface area contributed by atoms with Crippen LogP contribution in [0.2, 0.25) is 5.02 Å². The number of ether oxygens (including phenoxy) is 1. The van der Waals surface area contributed by atoms with Crippen LogP contribution in [-0.4, -0.2) is 29.9 Å². The predicted molar refractivity (Wildman–Crippen MR) is 68.3 cm³/mol. The molecule has 0 saturated heterocycles. The van der Waals surface area contributed by atoms with Gasteiger partial charge in [-0.05, 0) is 23.8 Å². The zero-order valence-electron chi connectivity index (χ0n) is 9.56. The number of benzene rings is 1. The molecule has 1 aromatic carbocycles. The lowest BCUT2D eigenvalue weighted by molar-refractivity contribution is 0.0652. The van der Waals surface area contributed by atoms with E-state index in [2.05, 4.69) is 4.98 Å². The second-order valence-corrected chi connectivity index (χ2v) is 4.38. The first-order valence-electron chi connectivity index (χ1n) is 5.41. The van der Waals surface area contributed by atoms with Gasteiger partial charge >= 0.3 is 0 Å². The van der Waals surface area contributed by atoms with Gasteiger partial charge in [0.2, 0.25) is 0 Å². The molecule has 0 saturated carbocycles. The molecule has 1 N–H and O–H groups in total. The molecule has 1 unspecified atom stereocenters. The van der Waals surface area contributed by atoms with Gasteiger partial charge in [-0.1, -0.05) is 17.7 Å². The van der Waals surface area contributed by atoms with Crippen molar-refractivity contribution in [2.24, 2.45) is 0 Å². The summed E-state index contributed by atoms with van der Waals surface area (Å²) >= 11 is 5.92. The van der Waals surface area contributed by atoms with Gasteiger partial charge in [0.05, 0.1) is 18.2 Å². The fourth-order valence-electron chi connectivity index (χ4n) is 1.86. The number of hydrogen-bond acceptors (Lipinski definition) is 3. The van der Waals surface area contributed by atoms with Crippen LogP contribution in [0.4, 0.5) is 0 Å². The third kappa shape index (κ3) is 2.94. The Hall–Kier alpha value is -1.16. The second-order valence-electron chi connectivity index (χ2n) is 3.94. The minimum atomic E-state index is -0.499. The van der Waals surface area contributed by atoms with Gasteiger partial charge in [0, 0.05) is 30.1 Å². The Labute approximate surface area is 105 Å². The van der Waals surface area contributed by atoms with E-state index in [0.717, 1.165) is 16.5 Å². The van der Waals surface area contributed by atoms with Crippen molar-refractivity contribution >= 4 is 22.5 Å². The molecular weight excluding hydrogens is 238 g/mol. The fraction of sp³-hybridized carbons (Fsp3) is 0.308. The molecule has 3 nitrogen and oxygen atoms in total. The topological polar surface area (TPSA) is 42.4 Å². The van der Waals surface area contributed by atoms with Gasteiger partial charge in [-0.25, -0.2) is 0 Å². The van der Waals surface area contributed by atoms with Crippen LogP contribution in [0.15, 0.2) is 30.5 Å². The maximum Gasteiger partial charge on any atom is 0.0813 e. The Morgan fingerprint density at radius 1 is 1.41 bits per heavy atom. The van der Waals surface area contributed by atoms with Crippen molar-refractivity contribution in [3.8, 4) is 0 Å². The molecule has 4 heteroatoms. The van der Waals surface area contributed by atoms with Gasteiger partial charge in [0.15, 0.2) is 0 Å². The minimum Gasteiger partial charge on any atom is -0.390 e. The quantitative estimate of drug-likeness (QED) is 0.908. The van der Waals surface area contributed by atoms with Gasteiger partial charge in [0.1, 0.15) is 0 Å². The van der Waals surface area contributed by atoms with Crippen LogP contribution in [0.1, 0.15) is 5.56 Å². The Kier molecular flexibility index (Phi) is 3.94. The molecule has 0 bridgehead atoms. The molecule has 2 rings (SSSR count). The smallest absolute Gasteiger partial charge is 0.0813 e. The van der Waals surface area contributed by atoms with Gasteiger partial charge in [-0.2, -0.15) is 0 Å². The van der Waals surface area contributed by atoms with Crippen molar-refractivity contribution in [2.45, 2.75) is 12.5 Å². The van der Waals surface area contributed by atoms with Gasteiger partial charge in [-0.3, -0.25) is 4.98 Å².